The fourth-order valence-electron chi connectivity index (χ4n) is 2.73. The Kier molecular flexibility index (Phi) is 4.86. The van der Waals surface area contributed by atoms with Crippen LogP contribution in [0, 0.1) is 0 Å². The van der Waals surface area contributed by atoms with Gasteiger partial charge in [-0.25, -0.2) is 0 Å². The maximum atomic E-state index is 12.4. The summed E-state index contributed by atoms with van der Waals surface area (Å²) in [7, 11) is 1.59. The summed E-state index contributed by atoms with van der Waals surface area (Å²) in [5.41, 5.74) is 2.55. The third-order valence-corrected chi connectivity index (χ3v) is 4.71. The van der Waals surface area contributed by atoms with Crippen LogP contribution in [0.25, 0.3) is 0 Å². The summed E-state index contributed by atoms with van der Waals surface area (Å²) in [5, 5.41) is 2.93. The number of benzene rings is 2. The highest BCUT2D eigenvalue weighted by Crippen LogP contribution is 2.25. The third kappa shape index (κ3) is 3.67. The van der Waals surface area contributed by atoms with Crippen molar-refractivity contribution in [3.63, 3.8) is 0 Å². The molecular formula is C18H19BrN2O2. The highest BCUT2D eigenvalue weighted by molar-refractivity contribution is 9.10. The molecule has 2 aromatic rings. The molecule has 1 fully saturated rings. The molecule has 0 bridgehead atoms. The minimum Gasteiger partial charge on any atom is -0.497 e. The summed E-state index contributed by atoms with van der Waals surface area (Å²) >= 11 is 3.41. The van der Waals surface area contributed by atoms with Crippen LogP contribution >= 0.6 is 15.9 Å². The van der Waals surface area contributed by atoms with Crippen LogP contribution in [0.15, 0.2) is 46.9 Å². The molecule has 0 unspecified atom stereocenters. The predicted octanol–water partition coefficient (Wildman–Crippen LogP) is 4.31. The summed E-state index contributed by atoms with van der Waals surface area (Å²) in [6.45, 7) is 2.23. The molecule has 2 aromatic carbocycles. The van der Waals surface area contributed by atoms with E-state index < -0.39 is 0 Å². The minimum atomic E-state index is -0.162. The van der Waals surface area contributed by atoms with Crippen molar-refractivity contribution in [3.05, 3.63) is 52.5 Å². The topological polar surface area (TPSA) is 41.6 Å². The van der Waals surface area contributed by atoms with Gasteiger partial charge < -0.3 is 15.0 Å². The zero-order valence-electron chi connectivity index (χ0n) is 13.0. The van der Waals surface area contributed by atoms with Gasteiger partial charge >= 0.3 is 0 Å². The van der Waals surface area contributed by atoms with Crippen molar-refractivity contribution in [2.45, 2.75) is 12.8 Å². The monoisotopic (exact) mass is 374 g/mol. The van der Waals surface area contributed by atoms with Gasteiger partial charge in [0.25, 0.3) is 5.91 Å². The Morgan fingerprint density at radius 1 is 1.13 bits per heavy atom. The first kappa shape index (κ1) is 15.9. The van der Waals surface area contributed by atoms with Crippen LogP contribution < -0.4 is 15.0 Å². The Labute approximate surface area is 144 Å². The molecule has 0 spiro atoms. The van der Waals surface area contributed by atoms with Crippen molar-refractivity contribution >= 4 is 33.2 Å². The van der Waals surface area contributed by atoms with Gasteiger partial charge in [-0.3, -0.25) is 4.79 Å². The zero-order chi connectivity index (χ0) is 16.2. The number of halogens is 1. The SMILES string of the molecule is COc1ccc(Br)c(C(=O)Nc2ccc(N3CCCC3)cc2)c1. The fourth-order valence-corrected chi connectivity index (χ4v) is 3.16. The lowest BCUT2D eigenvalue weighted by atomic mass is 10.2. The lowest BCUT2D eigenvalue weighted by Gasteiger charge is -2.18. The van der Waals surface area contributed by atoms with Gasteiger partial charge in [0.05, 0.1) is 12.7 Å². The average Bonchev–Trinajstić information content (AvgIpc) is 3.10. The van der Waals surface area contributed by atoms with Crippen molar-refractivity contribution in [2.24, 2.45) is 0 Å². The Morgan fingerprint density at radius 3 is 2.48 bits per heavy atom. The van der Waals surface area contributed by atoms with E-state index >= 15 is 0 Å². The molecule has 23 heavy (non-hydrogen) atoms. The van der Waals surface area contributed by atoms with E-state index in [0.29, 0.717) is 11.3 Å². The standard InChI is InChI=1S/C18H19BrN2O2/c1-23-15-8-9-17(19)16(12-15)18(22)20-13-4-6-14(7-5-13)21-10-2-3-11-21/h4-9,12H,2-3,10-11H2,1H3,(H,20,22). The number of carbonyl (C=O) groups excluding carboxylic acids is 1. The highest BCUT2D eigenvalue weighted by atomic mass is 79.9. The molecule has 0 atom stereocenters. The quantitative estimate of drug-likeness (QED) is 0.866. The second-order valence-electron chi connectivity index (χ2n) is 5.54. The summed E-state index contributed by atoms with van der Waals surface area (Å²) < 4.78 is 5.92. The number of hydrogen-bond acceptors (Lipinski definition) is 3. The Morgan fingerprint density at radius 2 is 1.83 bits per heavy atom. The molecule has 0 aliphatic carbocycles. The maximum Gasteiger partial charge on any atom is 0.256 e. The number of anilines is 2. The first-order valence-corrected chi connectivity index (χ1v) is 8.46. The van der Waals surface area contributed by atoms with Crippen LogP contribution in [0.1, 0.15) is 23.2 Å². The van der Waals surface area contributed by atoms with Gasteiger partial charge in [-0.1, -0.05) is 0 Å². The summed E-state index contributed by atoms with van der Waals surface area (Å²) in [5.74, 6) is 0.493. The van der Waals surface area contributed by atoms with E-state index in [4.69, 9.17) is 4.74 Å². The molecule has 120 valence electrons. The molecular weight excluding hydrogens is 356 g/mol. The normalized spacial score (nSPS) is 13.9. The Bertz CT molecular complexity index is 695. The van der Waals surface area contributed by atoms with E-state index in [0.717, 1.165) is 23.2 Å². The number of rotatable bonds is 4. The highest BCUT2D eigenvalue weighted by Gasteiger charge is 2.14. The van der Waals surface area contributed by atoms with E-state index in [1.807, 2.05) is 24.3 Å². The smallest absolute Gasteiger partial charge is 0.256 e. The summed E-state index contributed by atoms with van der Waals surface area (Å²) in [6, 6.07) is 13.3. The predicted molar refractivity (Wildman–Crippen MR) is 96.5 cm³/mol. The molecule has 4 nitrogen and oxygen atoms in total. The molecule has 1 amide bonds. The fraction of sp³-hybridized carbons (Fsp3) is 0.278. The van der Waals surface area contributed by atoms with Gasteiger partial charge in [0, 0.05) is 28.9 Å². The van der Waals surface area contributed by atoms with E-state index in [9.17, 15) is 4.79 Å². The lowest BCUT2D eigenvalue weighted by Crippen LogP contribution is -2.17. The van der Waals surface area contributed by atoms with Crippen molar-refractivity contribution in [1.82, 2.24) is 0 Å². The third-order valence-electron chi connectivity index (χ3n) is 4.01. The molecule has 1 saturated heterocycles. The Hall–Kier alpha value is -2.01. The van der Waals surface area contributed by atoms with Crippen LogP contribution in [0.4, 0.5) is 11.4 Å². The van der Waals surface area contributed by atoms with Crippen LogP contribution in [-0.2, 0) is 0 Å². The molecule has 5 heteroatoms. The zero-order valence-corrected chi connectivity index (χ0v) is 14.6. The second kappa shape index (κ2) is 7.04. The van der Waals surface area contributed by atoms with Crippen molar-refractivity contribution in [1.29, 1.82) is 0 Å². The maximum absolute atomic E-state index is 12.4. The van der Waals surface area contributed by atoms with Crippen molar-refractivity contribution in [3.8, 4) is 5.75 Å². The van der Waals surface area contributed by atoms with Gasteiger partial charge in [-0.2, -0.15) is 0 Å². The van der Waals surface area contributed by atoms with Crippen LogP contribution in [0.2, 0.25) is 0 Å². The minimum absolute atomic E-state index is 0.162. The number of amides is 1. The van der Waals surface area contributed by atoms with Gasteiger partial charge in [0.2, 0.25) is 0 Å². The molecule has 0 radical (unpaired) electrons. The summed E-state index contributed by atoms with van der Waals surface area (Å²) in [6.07, 6.45) is 2.50. The van der Waals surface area contributed by atoms with Gasteiger partial charge in [0.15, 0.2) is 0 Å². The van der Waals surface area contributed by atoms with Gasteiger partial charge in [-0.15, -0.1) is 0 Å². The molecule has 3 rings (SSSR count). The first-order chi connectivity index (χ1) is 11.2. The molecule has 0 aromatic heterocycles. The lowest BCUT2D eigenvalue weighted by molar-refractivity contribution is 0.102. The number of nitrogens with zero attached hydrogens (tertiary/aromatic N) is 1. The average molecular weight is 375 g/mol. The van der Waals surface area contributed by atoms with E-state index in [-0.39, 0.29) is 5.91 Å². The van der Waals surface area contributed by atoms with Crippen molar-refractivity contribution in [2.75, 3.05) is 30.4 Å². The molecule has 1 aliphatic heterocycles. The number of carbonyl (C=O) groups is 1. The molecule has 0 saturated carbocycles. The van der Waals surface area contributed by atoms with E-state index in [1.54, 1.807) is 13.2 Å². The number of nitrogens with one attached hydrogen (secondary N) is 1. The first-order valence-electron chi connectivity index (χ1n) is 7.67. The number of hydrogen-bond donors (Lipinski definition) is 1. The molecule has 1 heterocycles. The molecule has 1 aliphatic rings. The van der Waals surface area contributed by atoms with E-state index in [1.165, 1.54) is 18.5 Å². The van der Waals surface area contributed by atoms with Crippen molar-refractivity contribution < 1.29 is 9.53 Å². The van der Waals surface area contributed by atoms with Crippen LogP contribution in [-0.4, -0.2) is 26.1 Å². The Balaban J connectivity index is 1.72. The number of methoxy groups -OCH3 is 1. The van der Waals surface area contributed by atoms with Crippen LogP contribution in [0.3, 0.4) is 0 Å². The largest absolute Gasteiger partial charge is 0.497 e. The molecule has 1 N–H and O–H groups in total. The number of ether oxygens (including phenoxy) is 1. The summed E-state index contributed by atoms with van der Waals surface area (Å²) in [4.78, 5) is 14.8. The van der Waals surface area contributed by atoms with E-state index in [2.05, 4.69) is 38.3 Å². The van der Waals surface area contributed by atoms with Crippen LogP contribution in [0.5, 0.6) is 5.75 Å². The second-order valence-corrected chi connectivity index (χ2v) is 6.40. The van der Waals surface area contributed by atoms with Gasteiger partial charge in [-0.05, 0) is 71.2 Å². The van der Waals surface area contributed by atoms with Gasteiger partial charge in [0.1, 0.15) is 5.75 Å².